The van der Waals surface area contributed by atoms with Crippen LogP contribution in [-0.2, 0) is 0 Å². The topological polar surface area (TPSA) is 102 Å². The number of rotatable bonds is 3. The first kappa shape index (κ1) is 13.8. The fraction of sp³-hybridized carbons (Fsp3) is 0.188. The zero-order chi connectivity index (χ0) is 14.7. The molecular weight excluding hydrogens is 248 g/mol. The SMILES string of the molecule is CCC(C#N)c1c(N)ccc(N)c1-c1ccccc1N. The van der Waals surface area contributed by atoms with Gasteiger partial charge in [-0.15, -0.1) is 0 Å². The smallest absolute Gasteiger partial charge is 0.0737 e. The van der Waals surface area contributed by atoms with Crippen LogP contribution in [0.4, 0.5) is 17.1 Å². The number of para-hydroxylation sites is 1. The molecule has 0 spiro atoms. The Balaban J connectivity index is 2.79. The predicted molar refractivity (Wildman–Crippen MR) is 83.8 cm³/mol. The van der Waals surface area contributed by atoms with Crippen molar-refractivity contribution in [1.29, 1.82) is 5.26 Å². The van der Waals surface area contributed by atoms with E-state index in [1.54, 1.807) is 12.1 Å². The first-order valence-corrected chi connectivity index (χ1v) is 6.52. The van der Waals surface area contributed by atoms with E-state index in [1.807, 2.05) is 31.2 Å². The lowest BCUT2D eigenvalue weighted by Crippen LogP contribution is -2.06. The minimum Gasteiger partial charge on any atom is -0.398 e. The third-order valence-corrected chi connectivity index (χ3v) is 3.45. The van der Waals surface area contributed by atoms with Gasteiger partial charge in [-0.05, 0) is 24.6 Å². The van der Waals surface area contributed by atoms with E-state index in [0.29, 0.717) is 23.5 Å². The molecule has 0 heterocycles. The van der Waals surface area contributed by atoms with E-state index < -0.39 is 0 Å². The highest BCUT2D eigenvalue weighted by molar-refractivity contribution is 5.90. The average molecular weight is 266 g/mol. The van der Waals surface area contributed by atoms with Gasteiger partial charge in [0.2, 0.25) is 0 Å². The monoisotopic (exact) mass is 266 g/mol. The summed E-state index contributed by atoms with van der Waals surface area (Å²) in [7, 11) is 0. The maximum Gasteiger partial charge on any atom is 0.0737 e. The highest BCUT2D eigenvalue weighted by atomic mass is 14.6. The highest BCUT2D eigenvalue weighted by Crippen LogP contribution is 2.41. The van der Waals surface area contributed by atoms with Crippen LogP contribution in [0, 0.1) is 11.3 Å². The van der Waals surface area contributed by atoms with Gasteiger partial charge >= 0.3 is 0 Å². The fourth-order valence-electron chi connectivity index (χ4n) is 2.41. The van der Waals surface area contributed by atoms with Gasteiger partial charge in [0.25, 0.3) is 0 Å². The van der Waals surface area contributed by atoms with Crippen molar-refractivity contribution in [2.75, 3.05) is 17.2 Å². The van der Waals surface area contributed by atoms with Gasteiger partial charge in [-0.1, -0.05) is 25.1 Å². The van der Waals surface area contributed by atoms with Crippen LogP contribution in [0.3, 0.4) is 0 Å². The lowest BCUT2D eigenvalue weighted by Gasteiger charge is -2.19. The van der Waals surface area contributed by atoms with Crippen molar-refractivity contribution in [2.24, 2.45) is 0 Å². The summed E-state index contributed by atoms with van der Waals surface area (Å²) in [6, 6.07) is 13.3. The third kappa shape index (κ3) is 2.26. The van der Waals surface area contributed by atoms with E-state index in [-0.39, 0.29) is 5.92 Å². The van der Waals surface area contributed by atoms with Crippen LogP contribution >= 0.6 is 0 Å². The number of nitrogen functional groups attached to an aromatic ring is 3. The second-order valence-corrected chi connectivity index (χ2v) is 4.71. The maximum absolute atomic E-state index is 9.36. The lowest BCUT2D eigenvalue weighted by atomic mass is 9.87. The number of nitriles is 1. The molecule has 2 aromatic rings. The third-order valence-electron chi connectivity index (χ3n) is 3.45. The van der Waals surface area contributed by atoms with Crippen LogP contribution in [0.25, 0.3) is 11.1 Å². The van der Waals surface area contributed by atoms with Crippen LogP contribution in [0.2, 0.25) is 0 Å². The number of nitrogens with two attached hydrogens (primary N) is 3. The molecule has 1 unspecified atom stereocenters. The molecule has 0 aliphatic rings. The van der Waals surface area contributed by atoms with Crippen molar-refractivity contribution >= 4 is 17.1 Å². The van der Waals surface area contributed by atoms with Crippen molar-refractivity contribution in [3.05, 3.63) is 42.0 Å². The predicted octanol–water partition coefficient (Wildman–Crippen LogP) is 3.12. The fourth-order valence-corrected chi connectivity index (χ4v) is 2.41. The number of benzene rings is 2. The van der Waals surface area contributed by atoms with Gasteiger partial charge in [0.05, 0.1) is 12.0 Å². The summed E-state index contributed by atoms with van der Waals surface area (Å²) in [6.45, 7) is 1.95. The van der Waals surface area contributed by atoms with Gasteiger partial charge < -0.3 is 17.2 Å². The molecule has 20 heavy (non-hydrogen) atoms. The van der Waals surface area contributed by atoms with Crippen molar-refractivity contribution in [1.82, 2.24) is 0 Å². The van der Waals surface area contributed by atoms with Gasteiger partial charge in [-0.2, -0.15) is 5.26 Å². The van der Waals surface area contributed by atoms with Gasteiger partial charge in [-0.3, -0.25) is 0 Å². The molecule has 0 saturated carbocycles. The van der Waals surface area contributed by atoms with Gasteiger partial charge in [-0.25, -0.2) is 0 Å². The Morgan fingerprint density at radius 1 is 1.00 bits per heavy atom. The molecule has 0 fully saturated rings. The van der Waals surface area contributed by atoms with E-state index in [1.165, 1.54) is 0 Å². The van der Waals surface area contributed by atoms with E-state index in [9.17, 15) is 5.26 Å². The van der Waals surface area contributed by atoms with Crippen LogP contribution in [0.15, 0.2) is 36.4 Å². The summed E-state index contributed by atoms with van der Waals surface area (Å²) < 4.78 is 0. The standard InChI is InChI=1S/C16H18N4/c1-2-10(9-17)15-13(19)7-8-14(20)16(15)11-5-3-4-6-12(11)18/h3-8,10H,2,18-20H2,1H3. The Kier molecular flexibility index (Phi) is 3.81. The molecule has 102 valence electrons. The first-order valence-electron chi connectivity index (χ1n) is 6.52. The lowest BCUT2D eigenvalue weighted by molar-refractivity contribution is 0.823. The van der Waals surface area contributed by atoms with Crippen LogP contribution in [-0.4, -0.2) is 0 Å². The van der Waals surface area contributed by atoms with Crippen LogP contribution in [0.1, 0.15) is 24.8 Å². The van der Waals surface area contributed by atoms with Crippen molar-refractivity contribution in [3.63, 3.8) is 0 Å². The second kappa shape index (κ2) is 5.54. The largest absolute Gasteiger partial charge is 0.398 e. The van der Waals surface area contributed by atoms with Gasteiger partial charge in [0, 0.05) is 33.8 Å². The van der Waals surface area contributed by atoms with Crippen molar-refractivity contribution < 1.29 is 0 Å². The molecule has 2 rings (SSSR count). The molecule has 0 aliphatic heterocycles. The Bertz CT molecular complexity index is 671. The highest BCUT2D eigenvalue weighted by Gasteiger charge is 2.20. The number of hydrogen-bond acceptors (Lipinski definition) is 4. The average Bonchev–Trinajstić information content (AvgIpc) is 2.45. The Labute approximate surface area is 118 Å². The summed E-state index contributed by atoms with van der Waals surface area (Å²) in [6.07, 6.45) is 0.671. The first-order chi connectivity index (χ1) is 9.60. The zero-order valence-electron chi connectivity index (χ0n) is 11.4. The molecule has 4 nitrogen and oxygen atoms in total. The molecule has 0 saturated heterocycles. The van der Waals surface area contributed by atoms with E-state index in [4.69, 9.17) is 17.2 Å². The molecule has 0 aliphatic carbocycles. The summed E-state index contributed by atoms with van der Waals surface area (Å²) >= 11 is 0. The molecule has 0 aromatic heterocycles. The van der Waals surface area contributed by atoms with E-state index in [2.05, 4.69) is 6.07 Å². The van der Waals surface area contributed by atoms with Crippen molar-refractivity contribution in [3.8, 4) is 17.2 Å². The van der Waals surface area contributed by atoms with E-state index in [0.717, 1.165) is 16.7 Å². The summed E-state index contributed by atoms with van der Waals surface area (Å²) in [4.78, 5) is 0. The summed E-state index contributed by atoms with van der Waals surface area (Å²) in [5.41, 5.74) is 22.4. The Morgan fingerprint density at radius 2 is 1.65 bits per heavy atom. The normalized spacial score (nSPS) is 11.8. The zero-order valence-corrected chi connectivity index (χ0v) is 11.4. The molecule has 1 atom stereocenters. The van der Waals surface area contributed by atoms with Crippen LogP contribution < -0.4 is 17.2 Å². The molecular formula is C16H18N4. The van der Waals surface area contributed by atoms with Crippen LogP contribution in [0.5, 0.6) is 0 Å². The Hall–Kier alpha value is -2.67. The summed E-state index contributed by atoms with van der Waals surface area (Å²) in [5, 5.41) is 9.36. The maximum atomic E-state index is 9.36. The molecule has 4 heteroatoms. The molecule has 6 N–H and O–H groups in total. The minimum atomic E-state index is -0.298. The molecule has 0 amide bonds. The number of nitrogens with zero attached hydrogens (tertiary/aromatic N) is 1. The number of hydrogen-bond donors (Lipinski definition) is 3. The number of anilines is 3. The Morgan fingerprint density at radius 3 is 2.25 bits per heavy atom. The summed E-state index contributed by atoms with van der Waals surface area (Å²) in [5.74, 6) is -0.298. The van der Waals surface area contributed by atoms with Gasteiger partial charge in [0.15, 0.2) is 0 Å². The second-order valence-electron chi connectivity index (χ2n) is 4.71. The quantitative estimate of drug-likeness (QED) is 0.743. The van der Waals surface area contributed by atoms with Crippen molar-refractivity contribution in [2.45, 2.75) is 19.3 Å². The minimum absolute atomic E-state index is 0.298. The molecule has 0 radical (unpaired) electrons. The van der Waals surface area contributed by atoms with E-state index >= 15 is 0 Å². The molecule has 0 bridgehead atoms. The molecule has 2 aromatic carbocycles. The van der Waals surface area contributed by atoms with Gasteiger partial charge in [0.1, 0.15) is 0 Å².